The first-order chi connectivity index (χ1) is 14.9. The number of ether oxygens (including phenoxy) is 2. The van der Waals surface area contributed by atoms with Gasteiger partial charge in [-0.2, -0.15) is 0 Å². The van der Waals surface area contributed by atoms with Gasteiger partial charge in [-0.15, -0.1) is 0 Å². The van der Waals surface area contributed by atoms with Gasteiger partial charge in [0.15, 0.2) is 11.6 Å². The van der Waals surface area contributed by atoms with Crippen molar-refractivity contribution in [2.75, 3.05) is 31.3 Å². The summed E-state index contributed by atoms with van der Waals surface area (Å²) in [4.78, 5) is 27.3. The standard InChI is InChI=1S/C22H25FN2O6/c1-2-30-21(28)15-9-25(12-3-4-12)17-14(19(15)27)7-16(23)18-20(17)31-10-13-8-22(29,11-26)5-6-24(13)18/h7,9,12-13,26,29H,2-6,8,10-11H2,1H3/t13-,22?/m1/s1. The first kappa shape index (κ1) is 20.3. The molecule has 3 heterocycles. The molecule has 3 aliphatic rings. The van der Waals surface area contributed by atoms with E-state index >= 15 is 4.39 Å². The summed E-state index contributed by atoms with van der Waals surface area (Å²) in [6.07, 6.45) is 3.85. The molecule has 2 atom stereocenters. The first-order valence-corrected chi connectivity index (χ1v) is 10.7. The Kier molecular flexibility index (Phi) is 4.71. The third-order valence-electron chi connectivity index (χ3n) is 6.51. The molecule has 0 bridgehead atoms. The van der Waals surface area contributed by atoms with Crippen LogP contribution in [0.15, 0.2) is 17.1 Å². The summed E-state index contributed by atoms with van der Waals surface area (Å²) < 4.78 is 28.2. The molecule has 5 rings (SSSR count). The molecule has 0 spiro atoms. The maximum absolute atomic E-state index is 15.4. The molecule has 9 heteroatoms. The van der Waals surface area contributed by atoms with Crippen molar-refractivity contribution in [3.8, 4) is 5.75 Å². The van der Waals surface area contributed by atoms with Gasteiger partial charge in [-0.05, 0) is 32.3 Å². The van der Waals surface area contributed by atoms with Gasteiger partial charge in [0.25, 0.3) is 0 Å². The zero-order valence-corrected chi connectivity index (χ0v) is 17.3. The van der Waals surface area contributed by atoms with Crippen LogP contribution in [0, 0.1) is 5.82 Å². The Morgan fingerprint density at radius 3 is 2.84 bits per heavy atom. The monoisotopic (exact) mass is 432 g/mol. The number of pyridine rings is 1. The molecular formula is C22H25FN2O6. The Labute approximate surface area is 177 Å². The molecule has 2 N–H and O–H groups in total. The number of carbonyl (C=O) groups is 1. The highest BCUT2D eigenvalue weighted by Crippen LogP contribution is 2.47. The topological polar surface area (TPSA) is 101 Å². The van der Waals surface area contributed by atoms with E-state index < -0.39 is 22.8 Å². The van der Waals surface area contributed by atoms with Crippen molar-refractivity contribution in [3.63, 3.8) is 0 Å². The van der Waals surface area contributed by atoms with E-state index in [0.717, 1.165) is 12.8 Å². The Morgan fingerprint density at radius 1 is 1.39 bits per heavy atom. The number of anilines is 1. The molecule has 2 fully saturated rings. The van der Waals surface area contributed by atoms with Crippen LogP contribution in [0.2, 0.25) is 0 Å². The fourth-order valence-electron chi connectivity index (χ4n) is 4.77. The number of fused-ring (bicyclic) bond motifs is 5. The predicted molar refractivity (Wildman–Crippen MR) is 110 cm³/mol. The zero-order chi connectivity index (χ0) is 21.9. The Bertz CT molecular complexity index is 1130. The summed E-state index contributed by atoms with van der Waals surface area (Å²) in [5, 5.41) is 20.1. The highest BCUT2D eigenvalue weighted by atomic mass is 19.1. The van der Waals surface area contributed by atoms with Crippen molar-refractivity contribution in [1.29, 1.82) is 0 Å². The zero-order valence-electron chi connectivity index (χ0n) is 17.3. The molecule has 31 heavy (non-hydrogen) atoms. The highest BCUT2D eigenvalue weighted by molar-refractivity contribution is 5.98. The summed E-state index contributed by atoms with van der Waals surface area (Å²) in [5.41, 5.74) is -1.15. The number of esters is 1. The third kappa shape index (κ3) is 3.18. The molecule has 1 aromatic carbocycles. The van der Waals surface area contributed by atoms with Crippen molar-refractivity contribution in [2.24, 2.45) is 0 Å². The number of halogens is 1. The van der Waals surface area contributed by atoms with Crippen LogP contribution < -0.4 is 15.1 Å². The molecule has 1 aromatic heterocycles. The van der Waals surface area contributed by atoms with E-state index in [1.54, 1.807) is 6.92 Å². The van der Waals surface area contributed by atoms with Crippen LogP contribution in [0.1, 0.15) is 49.0 Å². The number of aliphatic hydroxyl groups is 2. The van der Waals surface area contributed by atoms with Gasteiger partial charge in [0.1, 0.15) is 17.9 Å². The molecule has 1 saturated carbocycles. The van der Waals surface area contributed by atoms with E-state index in [-0.39, 0.29) is 55.0 Å². The smallest absolute Gasteiger partial charge is 0.343 e. The van der Waals surface area contributed by atoms with Crippen LogP contribution in [-0.2, 0) is 4.74 Å². The van der Waals surface area contributed by atoms with Crippen LogP contribution in [0.25, 0.3) is 10.9 Å². The number of aliphatic hydroxyl groups excluding tert-OH is 1. The lowest BCUT2D eigenvalue weighted by molar-refractivity contribution is -0.0470. The Hall–Kier alpha value is -2.65. The summed E-state index contributed by atoms with van der Waals surface area (Å²) >= 11 is 0. The number of piperidine rings is 1. The summed E-state index contributed by atoms with van der Waals surface area (Å²) in [6.45, 7) is 2.00. The number of nitrogens with zero attached hydrogens (tertiary/aromatic N) is 2. The fourth-order valence-corrected chi connectivity index (χ4v) is 4.77. The van der Waals surface area contributed by atoms with Gasteiger partial charge >= 0.3 is 5.97 Å². The van der Waals surface area contributed by atoms with Gasteiger partial charge in [-0.3, -0.25) is 4.79 Å². The minimum atomic E-state index is -1.21. The molecule has 2 aromatic rings. The molecule has 0 radical (unpaired) electrons. The van der Waals surface area contributed by atoms with E-state index in [9.17, 15) is 19.8 Å². The molecule has 0 amide bonds. The number of benzene rings is 1. The number of hydrogen-bond donors (Lipinski definition) is 2. The quantitative estimate of drug-likeness (QED) is 0.710. The van der Waals surface area contributed by atoms with Crippen molar-refractivity contribution in [1.82, 2.24) is 4.57 Å². The van der Waals surface area contributed by atoms with Crippen molar-refractivity contribution in [3.05, 3.63) is 33.9 Å². The van der Waals surface area contributed by atoms with Gasteiger partial charge in [-0.1, -0.05) is 0 Å². The van der Waals surface area contributed by atoms with Crippen molar-refractivity contribution < 1.29 is 28.9 Å². The maximum atomic E-state index is 15.4. The molecule has 166 valence electrons. The molecule has 2 aliphatic heterocycles. The first-order valence-electron chi connectivity index (χ1n) is 10.7. The van der Waals surface area contributed by atoms with E-state index in [2.05, 4.69) is 0 Å². The van der Waals surface area contributed by atoms with Crippen molar-refractivity contribution in [2.45, 2.75) is 50.3 Å². The lowest BCUT2D eigenvalue weighted by Crippen LogP contribution is -2.56. The average molecular weight is 432 g/mol. The minimum Gasteiger partial charge on any atom is -0.487 e. The molecule has 8 nitrogen and oxygen atoms in total. The molecule has 1 aliphatic carbocycles. The van der Waals surface area contributed by atoms with Crippen molar-refractivity contribution >= 4 is 22.6 Å². The van der Waals surface area contributed by atoms with Gasteiger partial charge in [-0.25, -0.2) is 9.18 Å². The number of rotatable bonds is 4. The minimum absolute atomic E-state index is 0.0935. The number of hydrogen-bond acceptors (Lipinski definition) is 7. The number of carbonyl (C=O) groups excluding carboxylic acids is 1. The second-order valence-electron chi connectivity index (χ2n) is 8.66. The SMILES string of the molecule is CCOC(=O)c1cn(C2CC2)c2c3c(c(F)cc2c1=O)N1CCC(O)(CO)C[C@@H]1CO3. The molecular weight excluding hydrogens is 407 g/mol. The second kappa shape index (κ2) is 7.20. The van der Waals surface area contributed by atoms with Crippen LogP contribution in [0.4, 0.5) is 10.1 Å². The van der Waals surface area contributed by atoms with Crippen LogP contribution in [0.5, 0.6) is 5.75 Å². The molecule has 1 unspecified atom stereocenters. The summed E-state index contributed by atoms with van der Waals surface area (Å²) in [7, 11) is 0. The largest absolute Gasteiger partial charge is 0.487 e. The van der Waals surface area contributed by atoms with Gasteiger partial charge < -0.3 is 29.2 Å². The van der Waals surface area contributed by atoms with E-state index in [1.165, 1.54) is 12.3 Å². The van der Waals surface area contributed by atoms with E-state index in [0.29, 0.717) is 24.2 Å². The second-order valence-corrected chi connectivity index (χ2v) is 8.66. The van der Waals surface area contributed by atoms with E-state index in [4.69, 9.17) is 9.47 Å². The summed E-state index contributed by atoms with van der Waals surface area (Å²) in [6, 6.07) is 0.995. The third-order valence-corrected chi connectivity index (χ3v) is 6.51. The van der Waals surface area contributed by atoms with Gasteiger partial charge in [0.2, 0.25) is 5.43 Å². The summed E-state index contributed by atoms with van der Waals surface area (Å²) in [5.74, 6) is -1.04. The fraction of sp³-hybridized carbons (Fsp3) is 0.545. The highest BCUT2D eigenvalue weighted by Gasteiger charge is 2.43. The van der Waals surface area contributed by atoms with Crippen LogP contribution in [0.3, 0.4) is 0 Å². The molecule has 1 saturated heterocycles. The predicted octanol–water partition coefficient (Wildman–Crippen LogP) is 1.74. The van der Waals surface area contributed by atoms with Gasteiger partial charge in [0, 0.05) is 25.2 Å². The van der Waals surface area contributed by atoms with E-state index in [1.807, 2.05) is 9.47 Å². The lowest BCUT2D eigenvalue weighted by Gasteiger charge is -2.47. The number of aromatic nitrogens is 1. The Balaban J connectivity index is 1.70. The Morgan fingerprint density at radius 2 is 2.16 bits per heavy atom. The average Bonchev–Trinajstić information content (AvgIpc) is 3.59. The normalized spacial score (nSPS) is 25.0. The van der Waals surface area contributed by atoms with Gasteiger partial charge in [0.05, 0.1) is 35.8 Å². The lowest BCUT2D eigenvalue weighted by atomic mass is 9.86. The van der Waals surface area contributed by atoms with Crippen LogP contribution >= 0.6 is 0 Å². The van der Waals surface area contributed by atoms with Crippen LogP contribution in [-0.4, -0.2) is 58.8 Å². The maximum Gasteiger partial charge on any atom is 0.343 e.